The monoisotopic (exact) mass is 461 g/mol. The van der Waals surface area contributed by atoms with Crippen molar-refractivity contribution in [2.75, 3.05) is 11.5 Å². The lowest BCUT2D eigenvalue weighted by Gasteiger charge is -2.49. The number of carbonyl (C=O) groups excluding carboxylic acids is 2. The van der Waals surface area contributed by atoms with Crippen LogP contribution in [0.25, 0.3) is 0 Å². The van der Waals surface area contributed by atoms with Crippen LogP contribution in [0, 0.1) is 6.92 Å². The lowest BCUT2D eigenvalue weighted by atomic mass is 10.0. The van der Waals surface area contributed by atoms with Gasteiger partial charge in [0.2, 0.25) is 0 Å². The van der Waals surface area contributed by atoms with Crippen molar-refractivity contribution in [2.24, 2.45) is 0 Å². The van der Waals surface area contributed by atoms with Gasteiger partial charge in [0.05, 0.1) is 5.69 Å². The number of benzene rings is 1. The normalized spacial score (nSPS) is 21.4. The smallest absolute Gasteiger partial charge is 0.352 e. The van der Waals surface area contributed by atoms with Crippen molar-refractivity contribution in [2.45, 2.75) is 29.5 Å². The number of aromatic nitrogens is 3. The summed E-state index contributed by atoms with van der Waals surface area (Å²) >= 11 is 2.72. The molecule has 2 aliphatic heterocycles. The first kappa shape index (κ1) is 21.4. The number of aliphatic hydroxyl groups excluding tert-OH is 1. The Labute approximate surface area is 185 Å². The second kappa shape index (κ2) is 8.73. The van der Waals surface area contributed by atoms with Crippen molar-refractivity contribution < 1.29 is 24.6 Å². The van der Waals surface area contributed by atoms with Crippen LogP contribution in [0.4, 0.5) is 0 Å². The van der Waals surface area contributed by atoms with Gasteiger partial charge in [-0.15, -0.1) is 16.9 Å². The molecule has 2 amide bonds. The highest BCUT2D eigenvalue weighted by molar-refractivity contribution is 8.01. The van der Waals surface area contributed by atoms with Crippen LogP contribution in [0.15, 0.2) is 46.6 Å². The van der Waals surface area contributed by atoms with Gasteiger partial charge < -0.3 is 15.5 Å². The standard InChI is InChI=1S/C19H19N5O5S2/c1-9-16(22-23-21-9)30-7-11-8-31-18-12(17(27)24(18)13(11)19(28)29)20-15(26)14(25)10-5-3-2-4-6-10/h2-6,12,14,18,25H,7-8H2,1H3,(H,20,26)(H,28,29)(H,21,22,23)/t12?,14?,18-/m1/s1. The van der Waals surface area contributed by atoms with E-state index in [4.69, 9.17) is 0 Å². The van der Waals surface area contributed by atoms with Crippen LogP contribution in [0.3, 0.4) is 0 Å². The van der Waals surface area contributed by atoms with E-state index in [0.29, 0.717) is 33.4 Å². The summed E-state index contributed by atoms with van der Waals surface area (Å²) < 4.78 is 0. The number of aliphatic carboxylic acids is 1. The second-order valence-electron chi connectivity index (χ2n) is 6.97. The number of β-lactam (4-membered cyclic amide) rings is 1. The molecular weight excluding hydrogens is 442 g/mol. The number of hydrogen-bond donors (Lipinski definition) is 4. The van der Waals surface area contributed by atoms with E-state index < -0.39 is 35.3 Å². The van der Waals surface area contributed by atoms with Gasteiger partial charge in [-0.25, -0.2) is 4.79 Å². The summed E-state index contributed by atoms with van der Waals surface area (Å²) in [7, 11) is 0. The Hall–Kier alpha value is -2.83. The number of thioether (sulfide) groups is 2. The van der Waals surface area contributed by atoms with Crippen LogP contribution < -0.4 is 5.32 Å². The molecule has 31 heavy (non-hydrogen) atoms. The average molecular weight is 462 g/mol. The molecule has 1 fully saturated rings. The van der Waals surface area contributed by atoms with E-state index in [1.54, 1.807) is 37.3 Å². The number of aliphatic hydroxyl groups is 1. The maximum atomic E-state index is 12.7. The van der Waals surface area contributed by atoms with Gasteiger partial charge in [-0.3, -0.25) is 14.5 Å². The number of carboxylic acid groups (broad SMARTS) is 1. The number of rotatable bonds is 7. The van der Waals surface area contributed by atoms with Crippen LogP contribution in [0.5, 0.6) is 0 Å². The van der Waals surface area contributed by atoms with Gasteiger partial charge >= 0.3 is 5.97 Å². The van der Waals surface area contributed by atoms with Gasteiger partial charge in [0.1, 0.15) is 22.1 Å². The summed E-state index contributed by atoms with van der Waals surface area (Å²) in [4.78, 5) is 38.3. The number of amides is 2. The van der Waals surface area contributed by atoms with Gasteiger partial charge in [-0.1, -0.05) is 42.1 Å². The third kappa shape index (κ3) is 4.05. The second-order valence-corrected chi connectivity index (χ2v) is 9.04. The number of nitrogens with zero attached hydrogens (tertiary/aromatic N) is 3. The molecule has 1 aromatic heterocycles. The SMILES string of the molecule is Cc1n[nH]nc1SCC1=C(C(=O)O)N2C(=O)C(NC(=O)C(O)c3ccccc3)[C@H]2SC1. The summed E-state index contributed by atoms with van der Waals surface area (Å²) in [5.41, 5.74) is 1.66. The fraction of sp³-hybridized carbons (Fsp3) is 0.316. The highest BCUT2D eigenvalue weighted by atomic mass is 32.2. The van der Waals surface area contributed by atoms with E-state index in [1.807, 2.05) is 0 Å². The quantitative estimate of drug-likeness (QED) is 0.345. The number of fused-ring (bicyclic) bond motifs is 1. The third-order valence-corrected chi connectivity index (χ3v) is 7.47. The molecule has 3 heterocycles. The molecule has 1 aromatic carbocycles. The lowest BCUT2D eigenvalue weighted by molar-refractivity contribution is -0.151. The minimum absolute atomic E-state index is 0.0588. The number of hydrogen-bond acceptors (Lipinski definition) is 8. The minimum Gasteiger partial charge on any atom is -0.477 e. The third-order valence-electron chi connectivity index (χ3n) is 4.97. The lowest BCUT2D eigenvalue weighted by Crippen LogP contribution is -2.70. The first-order chi connectivity index (χ1) is 14.9. The molecule has 2 aromatic rings. The summed E-state index contributed by atoms with van der Waals surface area (Å²) in [6.07, 6.45) is -1.41. The fourth-order valence-electron chi connectivity index (χ4n) is 3.38. The molecule has 0 spiro atoms. The maximum absolute atomic E-state index is 12.7. The highest BCUT2D eigenvalue weighted by Gasteiger charge is 2.54. The molecule has 4 N–H and O–H groups in total. The summed E-state index contributed by atoms with van der Waals surface area (Å²) in [5, 5.41) is 33.1. The zero-order valence-electron chi connectivity index (χ0n) is 16.3. The van der Waals surface area contributed by atoms with E-state index in [-0.39, 0.29) is 5.70 Å². The van der Waals surface area contributed by atoms with Crippen molar-refractivity contribution >= 4 is 41.3 Å². The first-order valence-electron chi connectivity index (χ1n) is 9.32. The van der Waals surface area contributed by atoms with Crippen LogP contribution >= 0.6 is 23.5 Å². The van der Waals surface area contributed by atoms with Crippen molar-refractivity contribution in [3.05, 3.63) is 52.9 Å². The average Bonchev–Trinajstić information content (AvgIpc) is 3.19. The zero-order valence-corrected chi connectivity index (χ0v) is 17.9. The predicted octanol–water partition coefficient (Wildman–Crippen LogP) is 0.677. The van der Waals surface area contributed by atoms with Gasteiger partial charge in [-0.05, 0) is 18.1 Å². The number of nitrogens with one attached hydrogen (secondary N) is 2. The van der Waals surface area contributed by atoms with Gasteiger partial charge in [-0.2, -0.15) is 10.3 Å². The summed E-state index contributed by atoms with van der Waals surface area (Å²) in [6, 6.07) is 7.49. The van der Waals surface area contributed by atoms with Gasteiger partial charge in [0.25, 0.3) is 11.8 Å². The minimum atomic E-state index is -1.41. The summed E-state index contributed by atoms with van der Waals surface area (Å²) in [6.45, 7) is 1.79. The Morgan fingerprint density at radius 1 is 1.35 bits per heavy atom. The predicted molar refractivity (Wildman–Crippen MR) is 113 cm³/mol. The van der Waals surface area contributed by atoms with Gasteiger partial charge in [0, 0.05) is 11.5 Å². The number of aromatic amines is 1. The van der Waals surface area contributed by atoms with E-state index in [9.17, 15) is 24.6 Å². The first-order valence-corrected chi connectivity index (χ1v) is 11.4. The van der Waals surface area contributed by atoms with Crippen LogP contribution in [-0.2, 0) is 14.4 Å². The molecule has 4 rings (SSSR count). The maximum Gasteiger partial charge on any atom is 0.352 e. The number of carbonyl (C=O) groups is 3. The molecule has 10 nitrogen and oxygen atoms in total. The molecule has 3 atom stereocenters. The molecule has 0 aliphatic carbocycles. The van der Waals surface area contributed by atoms with Crippen molar-refractivity contribution in [3.63, 3.8) is 0 Å². The summed E-state index contributed by atoms with van der Waals surface area (Å²) in [5.74, 6) is -1.66. The highest BCUT2D eigenvalue weighted by Crippen LogP contribution is 2.41. The zero-order chi connectivity index (χ0) is 22.1. The molecule has 0 radical (unpaired) electrons. The molecule has 12 heteroatoms. The van der Waals surface area contributed by atoms with Crippen LogP contribution in [-0.4, -0.2) is 71.2 Å². The fourth-order valence-corrected chi connectivity index (χ4v) is 5.76. The Bertz CT molecular complexity index is 1060. The Morgan fingerprint density at radius 3 is 2.74 bits per heavy atom. The molecule has 1 saturated heterocycles. The molecular formula is C19H19N5O5S2. The topological polar surface area (TPSA) is 149 Å². The van der Waals surface area contributed by atoms with Crippen molar-refractivity contribution in [1.29, 1.82) is 0 Å². The Balaban J connectivity index is 1.46. The van der Waals surface area contributed by atoms with E-state index in [1.165, 1.54) is 28.4 Å². The van der Waals surface area contributed by atoms with Crippen molar-refractivity contribution in [3.8, 4) is 0 Å². The Kier molecular flexibility index (Phi) is 6.03. The number of aryl methyl sites for hydroxylation is 1. The molecule has 162 valence electrons. The molecule has 0 bridgehead atoms. The molecule has 2 unspecified atom stereocenters. The Morgan fingerprint density at radius 2 is 2.10 bits per heavy atom. The molecule has 2 aliphatic rings. The largest absolute Gasteiger partial charge is 0.477 e. The van der Waals surface area contributed by atoms with E-state index in [2.05, 4.69) is 20.7 Å². The number of carboxylic acids is 1. The van der Waals surface area contributed by atoms with E-state index in [0.717, 1.165) is 0 Å². The van der Waals surface area contributed by atoms with Crippen LogP contribution in [0.2, 0.25) is 0 Å². The van der Waals surface area contributed by atoms with Crippen LogP contribution in [0.1, 0.15) is 17.4 Å². The van der Waals surface area contributed by atoms with Gasteiger partial charge in [0.15, 0.2) is 6.10 Å². The van der Waals surface area contributed by atoms with Crippen molar-refractivity contribution in [1.82, 2.24) is 25.6 Å². The van der Waals surface area contributed by atoms with E-state index >= 15 is 0 Å². The molecule has 0 saturated carbocycles. The number of H-pyrrole nitrogens is 1.